The lowest BCUT2D eigenvalue weighted by Gasteiger charge is -2.38. The lowest BCUT2D eigenvalue weighted by Crippen LogP contribution is -2.52. The van der Waals surface area contributed by atoms with Crippen LogP contribution in [0.4, 0.5) is 4.79 Å². The average Bonchev–Trinajstić information content (AvgIpc) is 3.78. The number of nitrogens with zero attached hydrogens (tertiary/aromatic N) is 1. The number of hydrogen-bond donors (Lipinski definition) is 2. The molecule has 3 aliphatic rings. The Morgan fingerprint density at radius 2 is 1.89 bits per heavy atom. The predicted octanol–water partition coefficient (Wildman–Crippen LogP) is 5.52. The molecule has 1 heterocycles. The first-order valence-corrected chi connectivity index (χ1v) is 15.1. The fourth-order valence-corrected chi connectivity index (χ4v) is 6.13. The van der Waals surface area contributed by atoms with Crippen molar-refractivity contribution in [2.24, 2.45) is 17.8 Å². The molecule has 2 saturated carbocycles. The summed E-state index contributed by atoms with van der Waals surface area (Å²) in [5.74, 6) is 8.41. The summed E-state index contributed by atoms with van der Waals surface area (Å²) in [6.07, 6.45) is 12.9. The van der Waals surface area contributed by atoms with Crippen molar-refractivity contribution >= 4 is 6.03 Å². The molecule has 3 fully saturated rings. The second-order valence-corrected chi connectivity index (χ2v) is 11.6. The summed E-state index contributed by atoms with van der Waals surface area (Å²) < 4.78 is 11.8. The number of likely N-dealkylation sites (N-methyl/N-ethyl adjacent to an activating group) is 1. The molecular weight excluding hydrogens is 474 g/mol. The average molecular weight is 524 g/mol. The Kier molecular flexibility index (Phi) is 11.8. The van der Waals surface area contributed by atoms with E-state index in [1.165, 1.54) is 44.9 Å². The maximum Gasteiger partial charge on any atom is 0.317 e. The summed E-state index contributed by atoms with van der Waals surface area (Å²) >= 11 is 0. The molecule has 2 N–H and O–H groups in total. The van der Waals surface area contributed by atoms with E-state index in [0.29, 0.717) is 25.7 Å². The number of carbonyl (C=O) groups is 1. The smallest absolute Gasteiger partial charge is 0.317 e. The fraction of sp³-hybridized carbons (Fsp3) is 0.719. The highest BCUT2D eigenvalue weighted by atomic mass is 16.5. The van der Waals surface area contributed by atoms with Crippen molar-refractivity contribution in [2.45, 2.75) is 82.8 Å². The van der Waals surface area contributed by atoms with Crippen LogP contribution in [0.5, 0.6) is 0 Å². The van der Waals surface area contributed by atoms with Gasteiger partial charge in [-0.1, -0.05) is 62.1 Å². The highest BCUT2D eigenvalue weighted by molar-refractivity contribution is 5.74. The van der Waals surface area contributed by atoms with Gasteiger partial charge in [-0.25, -0.2) is 4.79 Å². The van der Waals surface area contributed by atoms with Gasteiger partial charge in [-0.3, -0.25) is 0 Å². The summed E-state index contributed by atoms with van der Waals surface area (Å²) in [6, 6.07) is 8.70. The van der Waals surface area contributed by atoms with Crippen LogP contribution in [0.15, 0.2) is 24.3 Å². The Balaban J connectivity index is 1.43. The summed E-state index contributed by atoms with van der Waals surface area (Å²) in [5, 5.41) is 6.69. The van der Waals surface area contributed by atoms with Crippen molar-refractivity contribution in [1.82, 2.24) is 15.5 Å². The Morgan fingerprint density at radius 3 is 2.66 bits per heavy atom. The molecule has 1 aliphatic heterocycles. The molecule has 38 heavy (non-hydrogen) atoms. The van der Waals surface area contributed by atoms with Crippen LogP contribution in [0.2, 0.25) is 0 Å². The number of piperidine rings is 1. The SMILES string of the molecule is CNC[C@H](CC1CCCCC1)NC(=O)N1CCC[C@@H](C(OCCCOC)c2ccccc2C#CC2CC2)C1. The minimum atomic E-state index is -0.0810. The second kappa shape index (κ2) is 15.5. The Hall–Kier alpha value is -2.07. The number of amides is 2. The van der Waals surface area contributed by atoms with Gasteiger partial charge in [-0.15, -0.1) is 0 Å². The third-order valence-electron chi connectivity index (χ3n) is 8.34. The van der Waals surface area contributed by atoms with Gasteiger partial charge in [0.05, 0.1) is 6.10 Å². The number of ether oxygens (including phenoxy) is 2. The van der Waals surface area contributed by atoms with Crippen LogP contribution < -0.4 is 10.6 Å². The number of nitrogens with one attached hydrogen (secondary N) is 2. The van der Waals surface area contributed by atoms with Gasteiger partial charge < -0.3 is 25.0 Å². The van der Waals surface area contributed by atoms with Crippen LogP contribution in [0.3, 0.4) is 0 Å². The Morgan fingerprint density at radius 1 is 1.08 bits per heavy atom. The lowest BCUT2D eigenvalue weighted by molar-refractivity contribution is -0.0169. The summed E-state index contributed by atoms with van der Waals surface area (Å²) in [4.78, 5) is 15.5. The topological polar surface area (TPSA) is 62.8 Å². The molecule has 1 saturated heterocycles. The van der Waals surface area contributed by atoms with Crippen LogP contribution in [0.1, 0.15) is 87.9 Å². The first-order valence-electron chi connectivity index (χ1n) is 15.1. The number of carbonyl (C=O) groups excluding carboxylic acids is 1. The Labute approximate surface area is 230 Å². The quantitative estimate of drug-likeness (QED) is 0.280. The van der Waals surface area contributed by atoms with Gasteiger partial charge >= 0.3 is 6.03 Å². The standard InChI is InChI=1S/C32H49N3O3/c1-33-23-29(22-26-10-4-3-5-11-26)34-32(36)35-19-8-13-28(24-35)31(38-21-9-20-37-2)30-14-7-6-12-27(30)18-17-25-15-16-25/h6-7,12,14,25-26,28-29,31,33H,3-5,8-11,13,15-16,19-24H2,1-2H3,(H,34,36)/t28-,29+,31?/m1/s1. The van der Waals surface area contributed by atoms with Crippen molar-refractivity contribution in [1.29, 1.82) is 0 Å². The van der Waals surface area contributed by atoms with Gasteiger partial charge in [-0.2, -0.15) is 0 Å². The molecule has 1 unspecified atom stereocenters. The first-order chi connectivity index (χ1) is 18.7. The van der Waals surface area contributed by atoms with Crippen LogP contribution in [-0.4, -0.2) is 64.0 Å². The summed E-state index contributed by atoms with van der Waals surface area (Å²) in [6.45, 7) is 3.65. The number of urea groups is 1. The maximum absolute atomic E-state index is 13.5. The molecule has 1 aromatic carbocycles. The van der Waals surface area contributed by atoms with Crippen molar-refractivity contribution < 1.29 is 14.3 Å². The van der Waals surface area contributed by atoms with E-state index in [4.69, 9.17) is 9.47 Å². The van der Waals surface area contributed by atoms with Gasteiger partial charge in [0.25, 0.3) is 0 Å². The molecule has 4 rings (SSSR count). The largest absolute Gasteiger partial charge is 0.385 e. The zero-order valence-electron chi connectivity index (χ0n) is 23.7. The highest BCUT2D eigenvalue weighted by Gasteiger charge is 2.33. The van der Waals surface area contributed by atoms with Gasteiger partial charge in [0, 0.05) is 63.4 Å². The van der Waals surface area contributed by atoms with E-state index in [1.54, 1.807) is 7.11 Å². The van der Waals surface area contributed by atoms with Crippen LogP contribution in [0.25, 0.3) is 0 Å². The molecule has 0 spiro atoms. The lowest BCUT2D eigenvalue weighted by atomic mass is 9.84. The van der Waals surface area contributed by atoms with E-state index < -0.39 is 0 Å². The van der Waals surface area contributed by atoms with E-state index in [0.717, 1.165) is 55.8 Å². The van der Waals surface area contributed by atoms with E-state index in [1.807, 2.05) is 11.9 Å². The van der Waals surface area contributed by atoms with E-state index in [-0.39, 0.29) is 24.1 Å². The second-order valence-electron chi connectivity index (χ2n) is 11.6. The van der Waals surface area contributed by atoms with Gasteiger partial charge in [-0.05, 0) is 63.1 Å². The van der Waals surface area contributed by atoms with Crippen LogP contribution >= 0.6 is 0 Å². The van der Waals surface area contributed by atoms with Gasteiger partial charge in [0.15, 0.2) is 0 Å². The third kappa shape index (κ3) is 9.00. The summed E-state index contributed by atoms with van der Waals surface area (Å²) in [7, 11) is 3.71. The van der Waals surface area contributed by atoms with Crippen molar-refractivity contribution in [3.05, 3.63) is 35.4 Å². The first kappa shape index (κ1) is 28.9. The zero-order valence-corrected chi connectivity index (χ0v) is 23.7. The maximum atomic E-state index is 13.5. The molecule has 3 atom stereocenters. The number of rotatable bonds is 12. The van der Waals surface area contributed by atoms with Gasteiger partial charge in [0.2, 0.25) is 0 Å². The minimum absolute atomic E-state index is 0.0747. The molecule has 0 aromatic heterocycles. The van der Waals surface area contributed by atoms with E-state index in [9.17, 15) is 4.79 Å². The summed E-state index contributed by atoms with van der Waals surface area (Å²) in [5.41, 5.74) is 2.23. The molecule has 210 valence electrons. The van der Waals surface area contributed by atoms with E-state index in [2.05, 4.69) is 46.7 Å². The molecule has 1 aromatic rings. The van der Waals surface area contributed by atoms with Crippen molar-refractivity contribution in [3.63, 3.8) is 0 Å². The predicted molar refractivity (Wildman–Crippen MR) is 153 cm³/mol. The molecule has 2 aliphatic carbocycles. The van der Waals surface area contributed by atoms with Crippen molar-refractivity contribution in [2.75, 3.05) is 47.0 Å². The number of benzene rings is 1. The monoisotopic (exact) mass is 523 g/mol. The molecule has 6 nitrogen and oxygen atoms in total. The molecule has 0 radical (unpaired) electrons. The Bertz CT molecular complexity index is 916. The molecule has 0 bridgehead atoms. The number of methoxy groups -OCH3 is 1. The zero-order chi connectivity index (χ0) is 26.6. The number of likely N-dealkylation sites (tertiary alicyclic amines) is 1. The number of hydrogen-bond acceptors (Lipinski definition) is 4. The normalized spacial score (nSPS) is 21.8. The van der Waals surface area contributed by atoms with Crippen LogP contribution in [0, 0.1) is 29.6 Å². The molecule has 6 heteroatoms. The van der Waals surface area contributed by atoms with Crippen molar-refractivity contribution in [3.8, 4) is 11.8 Å². The third-order valence-corrected chi connectivity index (χ3v) is 8.34. The van der Waals surface area contributed by atoms with Gasteiger partial charge in [0.1, 0.15) is 0 Å². The van der Waals surface area contributed by atoms with E-state index >= 15 is 0 Å². The fourth-order valence-electron chi connectivity index (χ4n) is 6.13. The minimum Gasteiger partial charge on any atom is -0.385 e. The molecule has 2 amide bonds. The van der Waals surface area contributed by atoms with Crippen LogP contribution in [-0.2, 0) is 9.47 Å². The highest BCUT2D eigenvalue weighted by Crippen LogP contribution is 2.35. The molecular formula is C32H49N3O3.